The Labute approximate surface area is 171 Å². The molecule has 1 heterocycles. The van der Waals surface area contributed by atoms with Crippen LogP contribution in [-0.2, 0) is 6.54 Å². The van der Waals surface area contributed by atoms with E-state index < -0.39 is 0 Å². The molecule has 3 rings (SSSR count). The number of guanidine groups is 1. The van der Waals surface area contributed by atoms with Crippen molar-refractivity contribution in [3.63, 3.8) is 0 Å². The molecule has 3 aromatic rings. The Morgan fingerprint density at radius 1 is 1.14 bits per heavy atom. The SMILES string of the molecule is CCOc1ccc(NC(=NC)NCc2ccccc2-n2ccc(C)n2)cc1OC. The highest BCUT2D eigenvalue weighted by Crippen LogP contribution is 2.30. The second-order valence-electron chi connectivity index (χ2n) is 6.38. The van der Waals surface area contributed by atoms with Gasteiger partial charge in [0.05, 0.1) is 25.1 Å². The summed E-state index contributed by atoms with van der Waals surface area (Å²) >= 11 is 0. The molecular weight excluding hydrogens is 366 g/mol. The predicted molar refractivity (Wildman–Crippen MR) is 116 cm³/mol. The third-order valence-electron chi connectivity index (χ3n) is 4.36. The molecule has 0 saturated carbocycles. The molecule has 0 aliphatic rings. The van der Waals surface area contributed by atoms with Gasteiger partial charge in [-0.2, -0.15) is 5.10 Å². The lowest BCUT2D eigenvalue weighted by Gasteiger charge is -2.16. The molecule has 0 radical (unpaired) electrons. The first-order valence-electron chi connectivity index (χ1n) is 9.53. The van der Waals surface area contributed by atoms with Crippen molar-refractivity contribution in [2.24, 2.45) is 4.99 Å². The van der Waals surface area contributed by atoms with Crippen LogP contribution < -0.4 is 20.1 Å². The van der Waals surface area contributed by atoms with Gasteiger partial charge in [0.1, 0.15) is 0 Å². The smallest absolute Gasteiger partial charge is 0.195 e. The molecule has 29 heavy (non-hydrogen) atoms. The third kappa shape index (κ3) is 5.07. The van der Waals surface area contributed by atoms with Crippen molar-refractivity contribution in [2.75, 3.05) is 26.1 Å². The molecule has 152 valence electrons. The Hall–Kier alpha value is -3.48. The third-order valence-corrected chi connectivity index (χ3v) is 4.36. The maximum Gasteiger partial charge on any atom is 0.195 e. The average Bonchev–Trinajstić information content (AvgIpc) is 3.18. The molecule has 0 aliphatic carbocycles. The molecular formula is C22H27N5O2. The maximum atomic E-state index is 5.57. The van der Waals surface area contributed by atoms with Gasteiger partial charge < -0.3 is 20.1 Å². The minimum Gasteiger partial charge on any atom is -0.493 e. The zero-order valence-corrected chi connectivity index (χ0v) is 17.3. The van der Waals surface area contributed by atoms with Gasteiger partial charge in [-0.3, -0.25) is 4.99 Å². The number of methoxy groups -OCH3 is 1. The van der Waals surface area contributed by atoms with E-state index in [1.165, 1.54) is 0 Å². The van der Waals surface area contributed by atoms with E-state index in [0.717, 1.165) is 22.6 Å². The monoisotopic (exact) mass is 393 g/mol. The second kappa shape index (κ2) is 9.64. The normalized spacial score (nSPS) is 11.2. The van der Waals surface area contributed by atoms with Crippen LogP contribution in [0.5, 0.6) is 11.5 Å². The summed E-state index contributed by atoms with van der Waals surface area (Å²) in [6, 6.07) is 15.8. The average molecular weight is 393 g/mol. The molecule has 0 fully saturated rings. The Bertz CT molecular complexity index is 981. The minimum absolute atomic E-state index is 0.585. The molecule has 0 spiro atoms. The summed E-state index contributed by atoms with van der Waals surface area (Å²) in [4.78, 5) is 4.32. The van der Waals surface area contributed by atoms with E-state index in [0.29, 0.717) is 30.6 Å². The van der Waals surface area contributed by atoms with Gasteiger partial charge in [0.15, 0.2) is 17.5 Å². The molecule has 2 N–H and O–H groups in total. The highest BCUT2D eigenvalue weighted by atomic mass is 16.5. The lowest BCUT2D eigenvalue weighted by Crippen LogP contribution is -2.30. The minimum atomic E-state index is 0.585. The number of nitrogens with one attached hydrogen (secondary N) is 2. The molecule has 1 aromatic heterocycles. The highest BCUT2D eigenvalue weighted by Gasteiger charge is 2.09. The number of hydrogen-bond acceptors (Lipinski definition) is 4. The lowest BCUT2D eigenvalue weighted by molar-refractivity contribution is 0.311. The number of benzene rings is 2. The number of nitrogens with zero attached hydrogens (tertiary/aromatic N) is 3. The van der Waals surface area contributed by atoms with E-state index in [2.05, 4.69) is 32.9 Å². The number of para-hydroxylation sites is 1. The Morgan fingerprint density at radius 2 is 1.97 bits per heavy atom. The summed E-state index contributed by atoms with van der Waals surface area (Å²) in [6.07, 6.45) is 1.97. The van der Waals surface area contributed by atoms with Crippen LogP contribution >= 0.6 is 0 Å². The molecule has 2 aromatic carbocycles. The van der Waals surface area contributed by atoms with E-state index in [9.17, 15) is 0 Å². The summed E-state index contributed by atoms with van der Waals surface area (Å²) in [5.74, 6) is 2.04. The van der Waals surface area contributed by atoms with Crippen molar-refractivity contribution in [3.05, 3.63) is 66.0 Å². The van der Waals surface area contributed by atoms with Gasteiger partial charge in [-0.25, -0.2) is 4.68 Å². The summed E-state index contributed by atoms with van der Waals surface area (Å²) in [6.45, 7) is 5.11. The molecule has 7 nitrogen and oxygen atoms in total. The fraction of sp³-hybridized carbons (Fsp3) is 0.273. The first-order valence-corrected chi connectivity index (χ1v) is 9.53. The van der Waals surface area contributed by atoms with Crippen LogP contribution in [0.25, 0.3) is 5.69 Å². The van der Waals surface area contributed by atoms with Crippen molar-refractivity contribution < 1.29 is 9.47 Å². The predicted octanol–water partition coefficient (Wildman–Crippen LogP) is 3.78. The van der Waals surface area contributed by atoms with E-state index in [-0.39, 0.29) is 0 Å². The van der Waals surface area contributed by atoms with Crippen LogP contribution in [0.15, 0.2) is 59.7 Å². The van der Waals surface area contributed by atoms with Crippen molar-refractivity contribution in [3.8, 4) is 17.2 Å². The van der Waals surface area contributed by atoms with Crippen LogP contribution in [0.4, 0.5) is 5.69 Å². The largest absolute Gasteiger partial charge is 0.493 e. The van der Waals surface area contributed by atoms with E-state index in [4.69, 9.17) is 9.47 Å². The van der Waals surface area contributed by atoms with Crippen molar-refractivity contribution in [2.45, 2.75) is 20.4 Å². The van der Waals surface area contributed by atoms with Gasteiger partial charge in [-0.1, -0.05) is 18.2 Å². The standard InChI is InChI=1S/C22H27N5O2/c1-5-29-20-11-10-18(14-21(20)28-4)25-22(23-3)24-15-17-8-6-7-9-19(17)27-13-12-16(2)26-27/h6-14H,5,15H2,1-4H3,(H2,23,24,25). The van der Waals surface area contributed by atoms with Gasteiger partial charge in [0.2, 0.25) is 0 Å². The van der Waals surface area contributed by atoms with Crippen LogP contribution in [0.3, 0.4) is 0 Å². The zero-order chi connectivity index (χ0) is 20.6. The van der Waals surface area contributed by atoms with E-state index in [1.54, 1.807) is 14.2 Å². The first kappa shape index (κ1) is 20.3. The summed E-state index contributed by atoms with van der Waals surface area (Å²) in [5, 5.41) is 11.2. The molecule has 7 heteroatoms. The molecule has 0 unspecified atom stereocenters. The quantitative estimate of drug-likeness (QED) is 0.472. The van der Waals surface area contributed by atoms with Crippen molar-refractivity contribution in [1.82, 2.24) is 15.1 Å². The fourth-order valence-corrected chi connectivity index (χ4v) is 2.95. The van der Waals surface area contributed by atoms with Crippen LogP contribution in [0, 0.1) is 6.92 Å². The van der Waals surface area contributed by atoms with Crippen molar-refractivity contribution in [1.29, 1.82) is 0 Å². The van der Waals surface area contributed by atoms with Crippen molar-refractivity contribution >= 4 is 11.6 Å². The first-order chi connectivity index (χ1) is 14.1. The number of ether oxygens (including phenoxy) is 2. The Morgan fingerprint density at radius 3 is 2.66 bits per heavy atom. The summed E-state index contributed by atoms with van der Waals surface area (Å²) in [5.41, 5.74) is 3.98. The van der Waals surface area contributed by atoms with Crippen LogP contribution in [0.1, 0.15) is 18.2 Å². The number of aliphatic imine (C=N–C) groups is 1. The molecule has 0 bridgehead atoms. The van der Waals surface area contributed by atoms with Gasteiger partial charge in [-0.05, 0) is 43.7 Å². The lowest BCUT2D eigenvalue weighted by atomic mass is 10.2. The number of aryl methyl sites for hydroxylation is 1. The molecule has 0 aliphatic heterocycles. The van der Waals surface area contributed by atoms with Crippen LogP contribution in [-0.4, -0.2) is 36.5 Å². The fourth-order valence-electron chi connectivity index (χ4n) is 2.95. The number of hydrogen-bond donors (Lipinski definition) is 2. The van der Waals surface area contributed by atoms with Gasteiger partial charge in [-0.15, -0.1) is 0 Å². The van der Waals surface area contributed by atoms with Gasteiger partial charge in [0.25, 0.3) is 0 Å². The zero-order valence-electron chi connectivity index (χ0n) is 17.3. The number of rotatable bonds is 7. The van der Waals surface area contributed by atoms with Crippen LogP contribution in [0.2, 0.25) is 0 Å². The molecule has 0 atom stereocenters. The van der Waals surface area contributed by atoms with Gasteiger partial charge in [0, 0.05) is 31.5 Å². The van der Waals surface area contributed by atoms with E-state index >= 15 is 0 Å². The summed E-state index contributed by atoms with van der Waals surface area (Å²) in [7, 11) is 3.37. The number of anilines is 1. The van der Waals surface area contributed by atoms with Gasteiger partial charge >= 0.3 is 0 Å². The Kier molecular flexibility index (Phi) is 6.73. The second-order valence-corrected chi connectivity index (χ2v) is 6.38. The summed E-state index contributed by atoms with van der Waals surface area (Å²) < 4.78 is 12.9. The highest BCUT2D eigenvalue weighted by molar-refractivity contribution is 5.93. The topological polar surface area (TPSA) is 72.7 Å². The molecule has 0 amide bonds. The Balaban J connectivity index is 1.71. The maximum absolute atomic E-state index is 5.57. The number of aromatic nitrogens is 2. The molecule has 0 saturated heterocycles. The van der Waals surface area contributed by atoms with E-state index in [1.807, 2.05) is 61.1 Å².